The second-order valence-corrected chi connectivity index (χ2v) is 6.52. The predicted octanol–water partition coefficient (Wildman–Crippen LogP) is 2.21. The van der Waals surface area contributed by atoms with E-state index in [1.807, 2.05) is 17.9 Å². The van der Waals surface area contributed by atoms with E-state index in [-0.39, 0.29) is 5.54 Å². The molecular weight excluding hydrogens is 248 g/mol. The summed E-state index contributed by atoms with van der Waals surface area (Å²) in [4.78, 5) is 2.66. The number of likely N-dealkylation sites (tertiary alicyclic amines) is 1. The Labute approximate surface area is 123 Å². The Morgan fingerprint density at radius 3 is 2.60 bits per heavy atom. The number of likely N-dealkylation sites (N-methyl/N-ethyl adjacent to an activating group) is 1. The quantitative estimate of drug-likeness (QED) is 0.830. The van der Waals surface area contributed by atoms with E-state index in [9.17, 15) is 0 Å². The summed E-state index contributed by atoms with van der Waals surface area (Å²) in [7, 11) is 1.99. The van der Waals surface area contributed by atoms with Crippen LogP contribution in [0.3, 0.4) is 0 Å². The van der Waals surface area contributed by atoms with Gasteiger partial charge in [-0.15, -0.1) is 0 Å². The van der Waals surface area contributed by atoms with Crippen LogP contribution < -0.4 is 5.32 Å². The van der Waals surface area contributed by atoms with Gasteiger partial charge in [-0.05, 0) is 64.7 Å². The molecule has 1 fully saturated rings. The Balaban J connectivity index is 1.98. The molecule has 1 aromatic heterocycles. The summed E-state index contributed by atoms with van der Waals surface area (Å²) < 4.78 is 1.89. The van der Waals surface area contributed by atoms with E-state index in [1.165, 1.54) is 37.9 Å². The Hall–Kier alpha value is -0.870. The minimum atomic E-state index is 0.231. The van der Waals surface area contributed by atoms with Crippen LogP contribution in [-0.4, -0.2) is 45.9 Å². The molecule has 0 aromatic carbocycles. The number of aromatic nitrogens is 2. The summed E-state index contributed by atoms with van der Waals surface area (Å²) >= 11 is 0. The van der Waals surface area contributed by atoms with Crippen molar-refractivity contribution in [3.8, 4) is 0 Å². The van der Waals surface area contributed by atoms with Crippen molar-refractivity contribution < 1.29 is 0 Å². The van der Waals surface area contributed by atoms with Crippen LogP contribution in [0.5, 0.6) is 0 Å². The lowest BCUT2D eigenvalue weighted by Crippen LogP contribution is -2.57. The number of hydrogen-bond donors (Lipinski definition) is 1. The molecule has 1 unspecified atom stereocenters. The summed E-state index contributed by atoms with van der Waals surface area (Å²) in [6.45, 7) is 10.5. The third-order valence-corrected chi connectivity index (χ3v) is 4.70. The number of nitrogens with one attached hydrogen (secondary N) is 1. The highest BCUT2D eigenvalue weighted by Gasteiger charge is 2.35. The first-order chi connectivity index (χ1) is 9.54. The van der Waals surface area contributed by atoms with Gasteiger partial charge in [0.25, 0.3) is 0 Å². The highest BCUT2D eigenvalue weighted by molar-refractivity contribution is 5.06. The van der Waals surface area contributed by atoms with Crippen molar-refractivity contribution in [1.29, 1.82) is 0 Å². The smallest absolute Gasteiger partial charge is 0.0521 e. The van der Waals surface area contributed by atoms with Crippen LogP contribution in [0.25, 0.3) is 0 Å². The van der Waals surface area contributed by atoms with Crippen LogP contribution in [0.2, 0.25) is 0 Å². The maximum absolute atomic E-state index is 4.27. The molecule has 1 saturated heterocycles. The molecule has 2 rings (SSSR count). The number of hydrogen-bond acceptors (Lipinski definition) is 3. The standard InChI is InChI=1S/C16H30N4/c1-5-17-15(9-8-14-12-18-19(4)13-14)16(2,3)20-10-6-7-11-20/h12-13,15,17H,5-11H2,1-4H3. The van der Waals surface area contributed by atoms with Gasteiger partial charge in [0, 0.05) is 24.8 Å². The van der Waals surface area contributed by atoms with Crippen LogP contribution in [0.1, 0.15) is 45.6 Å². The highest BCUT2D eigenvalue weighted by Crippen LogP contribution is 2.26. The van der Waals surface area contributed by atoms with Crippen LogP contribution in [0, 0.1) is 0 Å². The van der Waals surface area contributed by atoms with Crippen molar-refractivity contribution in [2.45, 2.75) is 58.0 Å². The lowest BCUT2D eigenvalue weighted by Gasteiger charge is -2.42. The fourth-order valence-corrected chi connectivity index (χ4v) is 3.38. The van der Waals surface area contributed by atoms with E-state index in [4.69, 9.17) is 0 Å². The Bertz CT molecular complexity index is 404. The summed E-state index contributed by atoms with van der Waals surface area (Å²) in [5, 5.41) is 7.97. The third kappa shape index (κ3) is 3.61. The van der Waals surface area contributed by atoms with Crippen molar-refractivity contribution in [1.82, 2.24) is 20.0 Å². The summed E-state index contributed by atoms with van der Waals surface area (Å²) in [5.74, 6) is 0. The SMILES string of the molecule is CCNC(CCc1cnn(C)c1)C(C)(C)N1CCCC1. The van der Waals surface area contributed by atoms with Gasteiger partial charge in [-0.3, -0.25) is 9.58 Å². The largest absolute Gasteiger partial charge is 0.312 e. The monoisotopic (exact) mass is 278 g/mol. The maximum Gasteiger partial charge on any atom is 0.0521 e. The molecule has 0 saturated carbocycles. The van der Waals surface area contributed by atoms with Crippen molar-refractivity contribution >= 4 is 0 Å². The number of rotatable bonds is 7. The van der Waals surface area contributed by atoms with Gasteiger partial charge in [-0.1, -0.05) is 6.92 Å². The molecule has 4 heteroatoms. The summed E-state index contributed by atoms with van der Waals surface area (Å²) in [6.07, 6.45) is 9.10. The first-order valence-corrected chi connectivity index (χ1v) is 8.00. The molecule has 0 aliphatic carbocycles. The highest BCUT2D eigenvalue weighted by atomic mass is 15.2. The van der Waals surface area contributed by atoms with Gasteiger partial charge in [0.05, 0.1) is 6.20 Å². The maximum atomic E-state index is 4.27. The molecule has 1 atom stereocenters. The van der Waals surface area contributed by atoms with E-state index >= 15 is 0 Å². The van der Waals surface area contributed by atoms with Gasteiger partial charge in [-0.25, -0.2) is 0 Å². The Kier molecular flexibility index (Phi) is 5.22. The molecule has 4 nitrogen and oxygen atoms in total. The Morgan fingerprint density at radius 1 is 1.35 bits per heavy atom. The van der Waals surface area contributed by atoms with Crippen molar-refractivity contribution in [2.24, 2.45) is 7.05 Å². The normalized spacial score (nSPS) is 18.6. The number of nitrogens with zero attached hydrogens (tertiary/aromatic N) is 3. The zero-order valence-electron chi connectivity index (χ0n) is 13.5. The molecule has 1 aromatic rings. The minimum Gasteiger partial charge on any atom is -0.312 e. The summed E-state index contributed by atoms with van der Waals surface area (Å²) in [6, 6.07) is 0.533. The average molecular weight is 278 g/mol. The second kappa shape index (κ2) is 6.72. The van der Waals surface area contributed by atoms with Crippen molar-refractivity contribution in [2.75, 3.05) is 19.6 Å². The minimum absolute atomic E-state index is 0.231. The van der Waals surface area contributed by atoms with E-state index in [0.717, 1.165) is 13.0 Å². The van der Waals surface area contributed by atoms with Gasteiger partial charge in [0.15, 0.2) is 0 Å². The average Bonchev–Trinajstić information content (AvgIpc) is 3.05. The lowest BCUT2D eigenvalue weighted by molar-refractivity contribution is 0.103. The fourth-order valence-electron chi connectivity index (χ4n) is 3.38. The topological polar surface area (TPSA) is 33.1 Å². The van der Waals surface area contributed by atoms with Gasteiger partial charge in [0.1, 0.15) is 0 Å². The van der Waals surface area contributed by atoms with Gasteiger partial charge < -0.3 is 5.32 Å². The molecule has 114 valence electrons. The molecule has 0 radical (unpaired) electrons. The molecule has 0 spiro atoms. The zero-order valence-corrected chi connectivity index (χ0v) is 13.5. The van der Waals surface area contributed by atoms with Crippen LogP contribution in [-0.2, 0) is 13.5 Å². The zero-order chi connectivity index (χ0) is 14.6. The third-order valence-electron chi connectivity index (χ3n) is 4.70. The van der Waals surface area contributed by atoms with Gasteiger partial charge in [-0.2, -0.15) is 5.10 Å². The van der Waals surface area contributed by atoms with Crippen molar-refractivity contribution in [3.05, 3.63) is 18.0 Å². The van der Waals surface area contributed by atoms with E-state index in [2.05, 4.69) is 42.3 Å². The molecule has 1 N–H and O–H groups in total. The molecule has 0 amide bonds. The summed E-state index contributed by atoms with van der Waals surface area (Å²) in [5.41, 5.74) is 1.57. The van der Waals surface area contributed by atoms with E-state index in [1.54, 1.807) is 0 Å². The van der Waals surface area contributed by atoms with Crippen LogP contribution in [0.15, 0.2) is 12.4 Å². The predicted molar refractivity (Wildman–Crippen MR) is 83.9 cm³/mol. The fraction of sp³-hybridized carbons (Fsp3) is 0.812. The van der Waals surface area contributed by atoms with E-state index < -0.39 is 0 Å². The molecule has 1 aliphatic rings. The van der Waals surface area contributed by atoms with Gasteiger partial charge >= 0.3 is 0 Å². The van der Waals surface area contributed by atoms with Crippen LogP contribution in [0.4, 0.5) is 0 Å². The molecule has 2 heterocycles. The van der Waals surface area contributed by atoms with Crippen molar-refractivity contribution in [3.63, 3.8) is 0 Å². The first-order valence-electron chi connectivity index (χ1n) is 8.00. The Morgan fingerprint density at radius 2 is 2.05 bits per heavy atom. The molecular formula is C16H30N4. The number of aryl methyl sites for hydroxylation is 2. The van der Waals surface area contributed by atoms with Gasteiger partial charge in [0.2, 0.25) is 0 Å². The first kappa shape index (κ1) is 15.5. The lowest BCUT2D eigenvalue weighted by atomic mass is 9.88. The molecule has 0 bridgehead atoms. The molecule has 20 heavy (non-hydrogen) atoms. The van der Waals surface area contributed by atoms with Crippen LogP contribution >= 0.6 is 0 Å². The second-order valence-electron chi connectivity index (χ2n) is 6.52. The molecule has 1 aliphatic heterocycles. The van der Waals surface area contributed by atoms with E-state index in [0.29, 0.717) is 6.04 Å².